The molecule has 2 fully saturated rings. The molecule has 1 heterocycles. The molecule has 1 unspecified atom stereocenters. The average molecular weight is 385 g/mol. The first-order valence-electron chi connectivity index (χ1n) is 8.97. The molecule has 1 aromatic carbocycles. The van der Waals surface area contributed by atoms with Gasteiger partial charge in [0.15, 0.2) is 0 Å². The molecule has 1 saturated heterocycles. The fourth-order valence-electron chi connectivity index (χ4n) is 3.68. The van der Waals surface area contributed by atoms with Crippen molar-refractivity contribution >= 4 is 27.5 Å². The van der Waals surface area contributed by atoms with Crippen LogP contribution in [-0.4, -0.2) is 37.8 Å². The molecule has 0 spiro atoms. The number of hydrogen-bond acceptors (Lipinski definition) is 3. The molecule has 2 aliphatic rings. The summed E-state index contributed by atoms with van der Waals surface area (Å²) in [6, 6.07) is 7.12. The third-order valence-corrected chi connectivity index (χ3v) is 7.18. The molecule has 5 nitrogen and oxygen atoms in total. The van der Waals surface area contributed by atoms with Crippen LogP contribution in [0, 0.1) is 5.92 Å². The zero-order chi connectivity index (χ0) is 17.9. The quantitative estimate of drug-likeness (QED) is 0.848. The van der Waals surface area contributed by atoms with E-state index in [0.717, 1.165) is 38.5 Å². The smallest absolute Gasteiger partial charge is 0.224 e. The van der Waals surface area contributed by atoms with Crippen molar-refractivity contribution in [2.45, 2.75) is 50.3 Å². The van der Waals surface area contributed by atoms with E-state index in [1.165, 1.54) is 4.31 Å². The number of hydrogen-bond donors (Lipinski definition) is 1. The molecule has 1 aromatic rings. The van der Waals surface area contributed by atoms with Crippen LogP contribution in [0.3, 0.4) is 0 Å². The second-order valence-electron chi connectivity index (χ2n) is 7.07. The van der Waals surface area contributed by atoms with Gasteiger partial charge in [-0.1, -0.05) is 36.6 Å². The lowest BCUT2D eigenvalue weighted by molar-refractivity contribution is -0.126. The number of rotatable bonds is 5. The van der Waals surface area contributed by atoms with E-state index in [1.54, 1.807) is 24.3 Å². The molecule has 138 valence electrons. The van der Waals surface area contributed by atoms with Gasteiger partial charge in [0, 0.05) is 24.2 Å². The zero-order valence-electron chi connectivity index (χ0n) is 14.3. The van der Waals surface area contributed by atoms with Crippen LogP contribution in [0.25, 0.3) is 0 Å². The van der Waals surface area contributed by atoms with E-state index in [4.69, 9.17) is 11.6 Å². The third kappa shape index (κ3) is 4.96. The minimum atomic E-state index is -3.43. The number of nitrogens with zero attached hydrogens (tertiary/aromatic N) is 1. The molecule has 3 rings (SSSR count). The van der Waals surface area contributed by atoms with E-state index >= 15 is 0 Å². The van der Waals surface area contributed by atoms with Gasteiger partial charge in [0.05, 0.1) is 11.7 Å². The Balaban J connectivity index is 1.61. The van der Waals surface area contributed by atoms with Crippen molar-refractivity contribution in [2.24, 2.45) is 5.92 Å². The van der Waals surface area contributed by atoms with Crippen molar-refractivity contribution in [2.75, 3.05) is 13.1 Å². The Labute approximate surface area is 154 Å². The van der Waals surface area contributed by atoms with E-state index < -0.39 is 10.0 Å². The Bertz CT molecular complexity index is 700. The van der Waals surface area contributed by atoms with Crippen LogP contribution in [0.5, 0.6) is 0 Å². The van der Waals surface area contributed by atoms with Gasteiger partial charge >= 0.3 is 0 Å². The Hall–Kier alpha value is -1.11. The van der Waals surface area contributed by atoms with Crippen LogP contribution in [-0.2, 0) is 20.6 Å². The molecule has 1 aliphatic carbocycles. The number of halogens is 1. The highest BCUT2D eigenvalue weighted by molar-refractivity contribution is 7.88. The van der Waals surface area contributed by atoms with Crippen LogP contribution in [0.2, 0.25) is 5.02 Å². The normalized spacial score (nSPS) is 22.8. The molecule has 1 saturated carbocycles. The molecule has 0 bridgehead atoms. The molecular weight excluding hydrogens is 360 g/mol. The highest BCUT2D eigenvalue weighted by Gasteiger charge is 2.33. The summed E-state index contributed by atoms with van der Waals surface area (Å²) in [7, 11) is -3.43. The number of sulfonamides is 1. The summed E-state index contributed by atoms with van der Waals surface area (Å²) < 4.78 is 26.9. The molecule has 0 aromatic heterocycles. The number of carbonyl (C=O) groups excluding carboxylic acids is 1. The molecule has 1 atom stereocenters. The summed E-state index contributed by atoms with van der Waals surface area (Å²) in [6.45, 7) is 0.775. The number of piperidine rings is 1. The second-order valence-corrected chi connectivity index (χ2v) is 9.48. The monoisotopic (exact) mass is 384 g/mol. The Morgan fingerprint density at radius 3 is 2.48 bits per heavy atom. The second kappa shape index (κ2) is 8.06. The number of benzene rings is 1. The maximum absolute atomic E-state index is 12.7. The van der Waals surface area contributed by atoms with Gasteiger partial charge in [-0.15, -0.1) is 0 Å². The topological polar surface area (TPSA) is 66.5 Å². The van der Waals surface area contributed by atoms with Crippen molar-refractivity contribution in [3.8, 4) is 0 Å². The summed E-state index contributed by atoms with van der Waals surface area (Å²) in [5.74, 6) is -0.283. The first-order valence-corrected chi connectivity index (χ1v) is 11.0. The molecule has 25 heavy (non-hydrogen) atoms. The van der Waals surface area contributed by atoms with Gasteiger partial charge in [0.1, 0.15) is 0 Å². The van der Waals surface area contributed by atoms with E-state index in [1.807, 2.05) is 0 Å². The van der Waals surface area contributed by atoms with Crippen LogP contribution >= 0.6 is 11.6 Å². The number of nitrogens with one attached hydrogen (secondary N) is 1. The van der Waals surface area contributed by atoms with Crippen molar-refractivity contribution in [1.29, 1.82) is 0 Å². The summed E-state index contributed by atoms with van der Waals surface area (Å²) in [5.41, 5.74) is 0.710. The van der Waals surface area contributed by atoms with Crippen LogP contribution in [0.4, 0.5) is 0 Å². The van der Waals surface area contributed by atoms with Crippen molar-refractivity contribution in [3.63, 3.8) is 0 Å². The first-order chi connectivity index (χ1) is 11.9. The van der Waals surface area contributed by atoms with Gasteiger partial charge in [0.25, 0.3) is 0 Å². The largest absolute Gasteiger partial charge is 0.353 e. The lowest BCUT2D eigenvalue weighted by Crippen LogP contribution is -2.47. The number of amides is 1. The lowest BCUT2D eigenvalue weighted by atomic mass is 9.98. The predicted molar refractivity (Wildman–Crippen MR) is 98.8 cm³/mol. The molecule has 7 heteroatoms. The van der Waals surface area contributed by atoms with Gasteiger partial charge in [-0.05, 0) is 43.4 Å². The van der Waals surface area contributed by atoms with E-state index in [0.29, 0.717) is 17.1 Å². The van der Waals surface area contributed by atoms with Gasteiger partial charge in [0.2, 0.25) is 15.9 Å². The maximum atomic E-state index is 12.7. The standard InChI is InChI=1S/C18H25ClN2O3S/c19-16-9-7-14(8-10-16)13-25(23,24)21-11-3-4-15(12-21)18(22)20-17-5-1-2-6-17/h7-10,15,17H,1-6,11-13H2,(H,20,22). The van der Waals surface area contributed by atoms with E-state index in [9.17, 15) is 13.2 Å². The number of carbonyl (C=O) groups is 1. The van der Waals surface area contributed by atoms with Crippen LogP contribution in [0.1, 0.15) is 44.1 Å². The van der Waals surface area contributed by atoms with Crippen molar-refractivity contribution in [1.82, 2.24) is 9.62 Å². The molecular formula is C18H25ClN2O3S. The zero-order valence-corrected chi connectivity index (χ0v) is 15.9. The molecule has 0 radical (unpaired) electrons. The van der Waals surface area contributed by atoms with Crippen LogP contribution < -0.4 is 5.32 Å². The van der Waals surface area contributed by atoms with E-state index in [2.05, 4.69) is 5.32 Å². The molecule has 1 amide bonds. The van der Waals surface area contributed by atoms with Gasteiger partial charge in [-0.25, -0.2) is 12.7 Å². The summed E-state index contributed by atoms with van der Waals surface area (Å²) >= 11 is 5.85. The summed E-state index contributed by atoms with van der Waals surface area (Å²) in [4.78, 5) is 12.5. The minimum absolute atomic E-state index is 0.0123. The Morgan fingerprint density at radius 2 is 1.80 bits per heavy atom. The van der Waals surface area contributed by atoms with Crippen LogP contribution in [0.15, 0.2) is 24.3 Å². The van der Waals surface area contributed by atoms with Crippen molar-refractivity contribution < 1.29 is 13.2 Å². The summed E-state index contributed by atoms with van der Waals surface area (Å²) in [6.07, 6.45) is 5.89. The highest BCUT2D eigenvalue weighted by Crippen LogP contribution is 2.24. The van der Waals surface area contributed by atoms with Crippen molar-refractivity contribution in [3.05, 3.63) is 34.9 Å². The van der Waals surface area contributed by atoms with Gasteiger partial charge in [-0.2, -0.15) is 0 Å². The van der Waals surface area contributed by atoms with Gasteiger partial charge in [-0.3, -0.25) is 4.79 Å². The Morgan fingerprint density at radius 1 is 1.12 bits per heavy atom. The first kappa shape index (κ1) is 18.7. The summed E-state index contributed by atoms with van der Waals surface area (Å²) in [5, 5.41) is 3.69. The Kier molecular flexibility index (Phi) is 6.02. The molecule has 1 aliphatic heterocycles. The minimum Gasteiger partial charge on any atom is -0.353 e. The maximum Gasteiger partial charge on any atom is 0.224 e. The fraction of sp³-hybridized carbons (Fsp3) is 0.611. The molecule has 1 N–H and O–H groups in total. The lowest BCUT2D eigenvalue weighted by Gasteiger charge is -2.32. The predicted octanol–water partition coefficient (Wildman–Crippen LogP) is 2.94. The van der Waals surface area contributed by atoms with Gasteiger partial charge < -0.3 is 5.32 Å². The highest BCUT2D eigenvalue weighted by atomic mass is 35.5. The average Bonchev–Trinajstić information content (AvgIpc) is 3.10. The van der Waals surface area contributed by atoms with E-state index in [-0.39, 0.29) is 30.2 Å². The fourth-order valence-corrected chi connectivity index (χ4v) is 5.42. The third-order valence-electron chi connectivity index (χ3n) is 5.11. The SMILES string of the molecule is O=C(NC1CCCC1)C1CCCN(S(=O)(=O)Cc2ccc(Cl)cc2)C1.